The second-order valence-electron chi connectivity index (χ2n) is 6.72. The number of carbonyl (C=O) groups is 3. The second-order valence-corrected chi connectivity index (χ2v) is 6.72. The topological polar surface area (TPSA) is 104 Å². The summed E-state index contributed by atoms with van der Waals surface area (Å²) in [5, 5.41) is 23.5. The van der Waals surface area contributed by atoms with Gasteiger partial charge in [-0.05, 0) is 11.5 Å². The standard InChI is InChI=1S/C23H17NO6/c1-30-22(28)23(29)18(19(25)15-9-3-2-4-10-15)20(26)21(27)24(23)17-13-7-11-14-8-5-6-12-16(14)17/h2-13,25,29H,1H3/t23-/m0/s1. The van der Waals surface area contributed by atoms with Gasteiger partial charge in [0.1, 0.15) is 11.3 Å². The summed E-state index contributed by atoms with van der Waals surface area (Å²) < 4.78 is 4.73. The molecule has 3 aromatic carbocycles. The Morgan fingerprint density at radius 3 is 2.27 bits per heavy atom. The van der Waals surface area contributed by atoms with Crippen LogP contribution in [-0.4, -0.2) is 40.7 Å². The number of ketones is 1. The van der Waals surface area contributed by atoms with E-state index in [4.69, 9.17) is 4.74 Å². The third kappa shape index (κ3) is 2.67. The van der Waals surface area contributed by atoms with Gasteiger partial charge in [0.25, 0.3) is 11.5 Å². The quantitative estimate of drug-likeness (QED) is 0.302. The van der Waals surface area contributed by atoms with Crippen molar-refractivity contribution >= 4 is 39.9 Å². The highest BCUT2D eigenvalue weighted by molar-refractivity contribution is 6.54. The first-order valence-electron chi connectivity index (χ1n) is 9.07. The van der Waals surface area contributed by atoms with Gasteiger partial charge in [-0.15, -0.1) is 0 Å². The fraction of sp³-hybridized carbons (Fsp3) is 0.0870. The van der Waals surface area contributed by atoms with Crippen LogP contribution in [0.1, 0.15) is 5.56 Å². The Bertz CT molecular complexity index is 1210. The third-order valence-corrected chi connectivity index (χ3v) is 5.06. The molecule has 0 aliphatic carbocycles. The minimum atomic E-state index is -2.84. The Balaban J connectivity index is 2.03. The smallest absolute Gasteiger partial charge is 0.365 e. The number of esters is 1. The summed E-state index contributed by atoms with van der Waals surface area (Å²) >= 11 is 0. The zero-order chi connectivity index (χ0) is 21.5. The maximum atomic E-state index is 13.0. The van der Waals surface area contributed by atoms with Crippen LogP contribution in [0, 0.1) is 0 Å². The largest absolute Gasteiger partial charge is 0.507 e. The van der Waals surface area contributed by atoms with Crippen LogP contribution in [0.2, 0.25) is 0 Å². The Morgan fingerprint density at radius 2 is 1.57 bits per heavy atom. The highest BCUT2D eigenvalue weighted by atomic mass is 16.5. The normalized spacial score (nSPS) is 20.5. The van der Waals surface area contributed by atoms with Crippen molar-refractivity contribution in [2.24, 2.45) is 0 Å². The molecular weight excluding hydrogens is 386 g/mol. The molecule has 1 amide bonds. The van der Waals surface area contributed by atoms with Crippen molar-refractivity contribution in [1.82, 2.24) is 0 Å². The van der Waals surface area contributed by atoms with Crippen LogP contribution in [0.15, 0.2) is 78.4 Å². The molecule has 1 saturated heterocycles. The Hall–Kier alpha value is -3.97. The van der Waals surface area contributed by atoms with E-state index in [1.807, 2.05) is 0 Å². The maximum absolute atomic E-state index is 13.0. The number of aliphatic hydroxyl groups excluding tert-OH is 1. The molecule has 7 heteroatoms. The van der Waals surface area contributed by atoms with Crippen LogP contribution in [0.4, 0.5) is 5.69 Å². The molecule has 2 N–H and O–H groups in total. The van der Waals surface area contributed by atoms with Crippen molar-refractivity contribution < 1.29 is 29.3 Å². The molecule has 4 rings (SSSR count). The number of hydrogen-bond acceptors (Lipinski definition) is 6. The summed E-state index contributed by atoms with van der Waals surface area (Å²) in [6, 6.07) is 19.8. The number of fused-ring (bicyclic) bond motifs is 1. The number of amides is 1. The average Bonchev–Trinajstić information content (AvgIpc) is 2.99. The zero-order valence-corrected chi connectivity index (χ0v) is 15.9. The van der Waals surface area contributed by atoms with E-state index >= 15 is 0 Å². The molecule has 7 nitrogen and oxygen atoms in total. The molecule has 1 fully saturated rings. The number of methoxy groups -OCH3 is 1. The molecule has 0 aromatic heterocycles. The van der Waals surface area contributed by atoms with Crippen molar-refractivity contribution in [3.8, 4) is 0 Å². The van der Waals surface area contributed by atoms with E-state index in [1.165, 1.54) is 18.2 Å². The van der Waals surface area contributed by atoms with Crippen molar-refractivity contribution in [2.75, 3.05) is 12.0 Å². The molecule has 1 atom stereocenters. The van der Waals surface area contributed by atoms with E-state index in [9.17, 15) is 24.6 Å². The first-order valence-corrected chi connectivity index (χ1v) is 9.07. The minimum absolute atomic E-state index is 0.134. The van der Waals surface area contributed by atoms with E-state index < -0.39 is 34.7 Å². The SMILES string of the molecule is COC(=O)[C@@]1(O)C(=C(O)c2ccccc2)C(=O)C(=O)N1c1cccc2ccccc12. The number of aliphatic hydroxyl groups is 2. The Morgan fingerprint density at radius 1 is 0.933 bits per heavy atom. The van der Waals surface area contributed by atoms with Crippen LogP contribution in [0.3, 0.4) is 0 Å². The fourth-order valence-corrected chi connectivity index (χ4v) is 3.66. The van der Waals surface area contributed by atoms with Crippen LogP contribution >= 0.6 is 0 Å². The van der Waals surface area contributed by atoms with E-state index in [2.05, 4.69) is 0 Å². The van der Waals surface area contributed by atoms with Crippen molar-refractivity contribution in [3.63, 3.8) is 0 Å². The van der Waals surface area contributed by atoms with Crippen LogP contribution in [0.25, 0.3) is 16.5 Å². The number of ether oxygens (including phenoxy) is 1. The molecule has 0 radical (unpaired) electrons. The van der Waals surface area contributed by atoms with Gasteiger partial charge in [-0.3, -0.25) is 14.5 Å². The van der Waals surface area contributed by atoms with E-state index in [0.29, 0.717) is 10.3 Å². The van der Waals surface area contributed by atoms with Gasteiger partial charge in [0.2, 0.25) is 0 Å². The van der Waals surface area contributed by atoms with Gasteiger partial charge in [0, 0.05) is 10.9 Å². The number of rotatable bonds is 3. The van der Waals surface area contributed by atoms with Crippen LogP contribution in [-0.2, 0) is 19.1 Å². The Labute approximate surface area is 171 Å². The highest BCUT2D eigenvalue weighted by Crippen LogP contribution is 2.42. The fourth-order valence-electron chi connectivity index (χ4n) is 3.66. The average molecular weight is 403 g/mol. The summed E-state index contributed by atoms with van der Waals surface area (Å²) in [6.45, 7) is 0. The van der Waals surface area contributed by atoms with E-state index in [-0.39, 0.29) is 11.3 Å². The third-order valence-electron chi connectivity index (χ3n) is 5.06. The summed E-state index contributed by atoms with van der Waals surface area (Å²) in [4.78, 5) is 39.3. The summed E-state index contributed by atoms with van der Waals surface area (Å²) in [6.07, 6.45) is 0. The van der Waals surface area contributed by atoms with Crippen molar-refractivity contribution in [1.29, 1.82) is 0 Å². The van der Waals surface area contributed by atoms with Gasteiger partial charge < -0.3 is 14.9 Å². The highest BCUT2D eigenvalue weighted by Gasteiger charge is 2.62. The summed E-state index contributed by atoms with van der Waals surface area (Å²) in [7, 11) is 1.02. The van der Waals surface area contributed by atoms with Gasteiger partial charge in [0.15, 0.2) is 0 Å². The predicted octanol–water partition coefficient (Wildman–Crippen LogP) is 2.59. The van der Waals surface area contributed by atoms with E-state index in [1.54, 1.807) is 54.6 Å². The Kier molecular flexibility index (Phi) is 4.60. The molecule has 30 heavy (non-hydrogen) atoms. The van der Waals surface area contributed by atoms with Gasteiger partial charge >= 0.3 is 11.9 Å². The molecule has 1 aliphatic heterocycles. The number of nitrogens with zero attached hydrogens (tertiary/aromatic N) is 1. The molecule has 3 aromatic rings. The number of carbonyl (C=O) groups excluding carboxylic acids is 3. The van der Waals surface area contributed by atoms with Gasteiger partial charge in [-0.1, -0.05) is 66.7 Å². The molecule has 0 bridgehead atoms. The second kappa shape index (κ2) is 7.13. The van der Waals surface area contributed by atoms with Gasteiger partial charge in [-0.2, -0.15) is 0 Å². The molecular formula is C23H17NO6. The maximum Gasteiger partial charge on any atom is 0.365 e. The number of hydrogen-bond donors (Lipinski definition) is 2. The van der Waals surface area contributed by atoms with E-state index in [0.717, 1.165) is 12.5 Å². The molecule has 1 aliphatic rings. The van der Waals surface area contributed by atoms with Crippen molar-refractivity contribution in [3.05, 3.63) is 83.9 Å². The first-order chi connectivity index (χ1) is 14.4. The van der Waals surface area contributed by atoms with Gasteiger partial charge in [0.05, 0.1) is 12.8 Å². The lowest BCUT2D eigenvalue weighted by atomic mass is 9.97. The first kappa shape index (κ1) is 19.4. The molecule has 0 unspecified atom stereocenters. The van der Waals surface area contributed by atoms with Gasteiger partial charge in [-0.25, -0.2) is 4.79 Å². The zero-order valence-electron chi connectivity index (χ0n) is 15.9. The predicted molar refractivity (Wildman–Crippen MR) is 109 cm³/mol. The molecule has 150 valence electrons. The summed E-state index contributed by atoms with van der Waals surface area (Å²) in [5.74, 6) is -4.30. The number of anilines is 1. The van der Waals surface area contributed by atoms with Crippen LogP contribution < -0.4 is 4.90 Å². The number of benzene rings is 3. The lowest BCUT2D eigenvalue weighted by molar-refractivity contribution is -0.158. The molecule has 1 heterocycles. The van der Waals surface area contributed by atoms with Crippen LogP contribution in [0.5, 0.6) is 0 Å². The number of Topliss-reactive ketones (excluding diaryl/α,β-unsaturated/α-hetero) is 1. The lowest BCUT2D eigenvalue weighted by Crippen LogP contribution is -2.54. The monoisotopic (exact) mass is 403 g/mol. The minimum Gasteiger partial charge on any atom is -0.507 e. The molecule has 0 spiro atoms. The van der Waals surface area contributed by atoms with Crippen molar-refractivity contribution in [2.45, 2.75) is 5.72 Å². The lowest BCUT2D eigenvalue weighted by Gasteiger charge is -2.31. The molecule has 0 saturated carbocycles. The summed E-state index contributed by atoms with van der Waals surface area (Å²) in [5.41, 5.74) is -3.29.